The standard InChI is InChI=1S/C9H7.C5H5.C2H5ClSi.2ClH.Zr/c1-2-5-9-7-3-6-8(9)4-1;1-2-4-5-3-1;1-2-4-3;;;/h1-7H;1-5H;2H2,1H3;2*1H;/q2*-1;;;;+2/p-2. The number of hydrogen-bond donors (Lipinski definition) is 0. The Labute approximate surface area is 159 Å². The first-order valence-corrected chi connectivity index (χ1v) is 12.6. The summed E-state index contributed by atoms with van der Waals surface area (Å²) in [6.45, 7) is 2.13. The van der Waals surface area contributed by atoms with Gasteiger partial charge in [-0.2, -0.15) is 35.7 Å². The van der Waals surface area contributed by atoms with Gasteiger partial charge in [0.25, 0.3) is 0 Å². The molecule has 5 heteroatoms. The summed E-state index contributed by atoms with van der Waals surface area (Å²) < 4.78 is -0.312. The molecule has 0 fully saturated rings. The maximum Gasteiger partial charge on any atom is -0.0809 e. The molecule has 3 rings (SSSR count). The van der Waals surface area contributed by atoms with Crippen LogP contribution in [0.3, 0.4) is 0 Å². The van der Waals surface area contributed by atoms with E-state index in [0.29, 0.717) is 0 Å². The minimum absolute atomic E-state index is 0. The van der Waals surface area contributed by atoms with E-state index in [9.17, 15) is 0 Å². The van der Waals surface area contributed by atoms with Crippen LogP contribution < -0.4 is 24.8 Å². The second kappa shape index (κ2) is 15.1. The summed E-state index contributed by atoms with van der Waals surface area (Å²) in [5, 5.41) is 2.66. The fourth-order valence-corrected chi connectivity index (χ4v) is 1.39. The summed E-state index contributed by atoms with van der Waals surface area (Å²) in [4.78, 5) is 0. The van der Waals surface area contributed by atoms with E-state index in [2.05, 4.69) is 49.4 Å². The summed E-state index contributed by atoms with van der Waals surface area (Å²) in [6.07, 6.45) is 0. The third-order valence-electron chi connectivity index (χ3n) is 2.41. The summed E-state index contributed by atoms with van der Waals surface area (Å²) in [7, 11) is 0. The van der Waals surface area contributed by atoms with E-state index < -0.39 is 0 Å². The predicted molar refractivity (Wildman–Crippen MR) is 83.7 cm³/mol. The Morgan fingerprint density at radius 2 is 1.57 bits per heavy atom. The number of halogens is 3. The molecular formula is C16H17Cl3SiZr-2. The zero-order valence-electron chi connectivity index (χ0n) is 11.8. The average Bonchev–Trinajstić information content (AvgIpc) is 3.13. The van der Waals surface area contributed by atoms with Crippen molar-refractivity contribution in [3.05, 3.63) is 72.8 Å². The topological polar surface area (TPSA) is 0 Å². The summed E-state index contributed by atoms with van der Waals surface area (Å²) in [5.41, 5.74) is 0. The van der Waals surface area contributed by atoms with Crippen LogP contribution in [0.1, 0.15) is 6.92 Å². The Morgan fingerprint density at radius 1 is 1.00 bits per heavy atom. The van der Waals surface area contributed by atoms with Gasteiger partial charge in [-0.05, 0) is 0 Å². The molecule has 0 radical (unpaired) electrons. The Morgan fingerprint density at radius 3 is 2.00 bits per heavy atom. The van der Waals surface area contributed by atoms with E-state index in [0.717, 1.165) is 0 Å². The van der Waals surface area contributed by atoms with E-state index in [1.807, 2.05) is 30.3 Å². The molecule has 0 nitrogen and oxygen atoms in total. The van der Waals surface area contributed by atoms with E-state index >= 15 is 0 Å². The van der Waals surface area contributed by atoms with Crippen molar-refractivity contribution in [2.45, 2.75) is 13.0 Å². The summed E-state index contributed by atoms with van der Waals surface area (Å²) >= 11 is 7.14. The number of rotatable bonds is 1. The van der Waals surface area contributed by atoms with Crippen molar-refractivity contribution in [2.24, 2.45) is 0 Å². The molecule has 0 aliphatic rings. The molecule has 3 aromatic carbocycles. The van der Waals surface area contributed by atoms with E-state index in [1.54, 1.807) is 0 Å². The molecule has 0 heterocycles. The van der Waals surface area contributed by atoms with Crippen LogP contribution in [0, 0.1) is 0 Å². The Kier molecular flexibility index (Phi) is 16.8. The molecule has 0 spiro atoms. The van der Waals surface area contributed by atoms with Crippen LogP contribution in [0.2, 0.25) is 6.04 Å². The van der Waals surface area contributed by atoms with Crippen LogP contribution >= 0.6 is 11.1 Å². The first-order valence-electron chi connectivity index (χ1n) is 6.24. The molecule has 0 aliphatic heterocycles. The maximum absolute atomic E-state index is 5.60. The second-order valence-electron chi connectivity index (χ2n) is 3.88. The van der Waals surface area contributed by atoms with Gasteiger partial charge in [0.15, 0.2) is 0 Å². The van der Waals surface area contributed by atoms with Crippen molar-refractivity contribution >= 4 is 26.6 Å². The van der Waals surface area contributed by atoms with Gasteiger partial charge in [-0.1, -0.05) is 6.07 Å². The molecule has 0 bridgehead atoms. The molecular weight excluding hydrogens is 418 g/mol. The van der Waals surface area contributed by atoms with Crippen LogP contribution in [-0.2, 0) is 23.3 Å². The maximum atomic E-state index is 5.60. The third-order valence-corrected chi connectivity index (χ3v) is 6.44. The molecule has 0 unspecified atom stereocenters. The SMILES string of the molecule is CC[Si](Cl)=[Zr+2].[Cl-].[Cl-].c1cc[cH-]c1.c1ccc2[cH-]ccc2c1. The summed E-state index contributed by atoms with van der Waals surface area (Å²) in [6, 6.07) is 25.9. The quantitative estimate of drug-likeness (QED) is 0.269. The summed E-state index contributed by atoms with van der Waals surface area (Å²) in [5.74, 6) is 0. The minimum Gasteiger partial charge on any atom is -1.00 e. The van der Waals surface area contributed by atoms with Gasteiger partial charge < -0.3 is 24.8 Å². The number of fused-ring (bicyclic) bond motifs is 1. The van der Waals surface area contributed by atoms with Crippen LogP contribution in [0.5, 0.6) is 0 Å². The molecule has 0 aliphatic carbocycles. The largest absolute Gasteiger partial charge is 1.00 e. The molecule has 112 valence electrons. The first kappa shape index (κ1) is 23.4. The second-order valence-corrected chi connectivity index (χ2v) is 13.5. The average molecular weight is 435 g/mol. The third kappa shape index (κ3) is 11.4. The number of hydrogen-bond acceptors (Lipinski definition) is 0. The molecule has 21 heavy (non-hydrogen) atoms. The molecule has 0 atom stereocenters. The van der Waals surface area contributed by atoms with Crippen molar-refractivity contribution in [1.29, 1.82) is 0 Å². The first-order chi connectivity index (χ1) is 9.24. The Bertz CT molecular complexity index is 529. The predicted octanol–water partition coefficient (Wildman–Crippen LogP) is -0.748. The normalized spacial score (nSPS) is 8.19. The van der Waals surface area contributed by atoms with Gasteiger partial charge in [0, 0.05) is 0 Å². The molecule has 0 amide bonds. The van der Waals surface area contributed by atoms with E-state index in [1.165, 1.54) is 40.2 Å². The van der Waals surface area contributed by atoms with Gasteiger partial charge in [-0.3, -0.25) is 0 Å². The zero-order valence-corrected chi connectivity index (χ0v) is 17.5. The van der Waals surface area contributed by atoms with Crippen LogP contribution in [-0.4, -0.2) is 4.74 Å². The van der Waals surface area contributed by atoms with Gasteiger partial charge in [0.2, 0.25) is 0 Å². The van der Waals surface area contributed by atoms with Gasteiger partial charge in [0.1, 0.15) is 0 Å². The number of benzene rings is 1. The van der Waals surface area contributed by atoms with E-state index in [4.69, 9.17) is 11.1 Å². The van der Waals surface area contributed by atoms with Crippen molar-refractivity contribution in [3.8, 4) is 0 Å². The van der Waals surface area contributed by atoms with Gasteiger partial charge >= 0.3 is 52.1 Å². The van der Waals surface area contributed by atoms with Crippen LogP contribution in [0.25, 0.3) is 10.8 Å². The Balaban J connectivity index is 0. The smallest absolute Gasteiger partial charge is 0.0809 e. The Hall–Kier alpha value is 0.150. The molecule has 0 N–H and O–H groups in total. The van der Waals surface area contributed by atoms with Gasteiger partial charge in [-0.15, -0.1) is 29.7 Å². The van der Waals surface area contributed by atoms with Crippen LogP contribution in [0.15, 0.2) is 72.8 Å². The van der Waals surface area contributed by atoms with Gasteiger partial charge in [-0.25, -0.2) is 12.1 Å². The van der Waals surface area contributed by atoms with Crippen molar-refractivity contribution in [3.63, 3.8) is 0 Å². The van der Waals surface area contributed by atoms with Crippen molar-refractivity contribution in [2.75, 3.05) is 0 Å². The van der Waals surface area contributed by atoms with Crippen molar-refractivity contribution < 1.29 is 48.1 Å². The minimum atomic E-state index is -0.312. The monoisotopic (exact) mass is 432 g/mol. The van der Waals surface area contributed by atoms with E-state index in [-0.39, 0.29) is 29.6 Å². The fourth-order valence-electron chi connectivity index (χ4n) is 1.39. The molecule has 0 saturated heterocycles. The van der Waals surface area contributed by atoms with Crippen LogP contribution in [0.4, 0.5) is 0 Å². The fraction of sp³-hybridized carbons (Fsp3) is 0.125. The zero-order chi connectivity index (χ0) is 13.9. The van der Waals surface area contributed by atoms with Crippen molar-refractivity contribution in [1.82, 2.24) is 0 Å². The molecule has 0 aromatic heterocycles. The molecule has 3 aromatic rings. The molecule has 0 saturated carbocycles. The van der Waals surface area contributed by atoms with Gasteiger partial charge in [0.05, 0.1) is 0 Å².